The molecule has 1 saturated carbocycles. The lowest BCUT2D eigenvalue weighted by Crippen LogP contribution is -2.00. The van der Waals surface area contributed by atoms with Crippen molar-refractivity contribution in [2.45, 2.75) is 46.5 Å². The SMILES string of the molecule is CC(C)CCC[C@@]1(C)C[C@@H]1C=O. The van der Waals surface area contributed by atoms with Gasteiger partial charge in [0.2, 0.25) is 0 Å². The summed E-state index contributed by atoms with van der Waals surface area (Å²) in [7, 11) is 0. The van der Waals surface area contributed by atoms with Gasteiger partial charge in [-0.25, -0.2) is 0 Å². The molecule has 0 amide bonds. The van der Waals surface area contributed by atoms with E-state index in [1.165, 1.54) is 19.3 Å². The van der Waals surface area contributed by atoms with Gasteiger partial charge in [-0.15, -0.1) is 0 Å². The van der Waals surface area contributed by atoms with Gasteiger partial charge in [0.15, 0.2) is 0 Å². The van der Waals surface area contributed by atoms with Gasteiger partial charge in [-0.05, 0) is 24.2 Å². The zero-order valence-corrected chi connectivity index (χ0v) is 8.47. The van der Waals surface area contributed by atoms with Crippen molar-refractivity contribution in [3.8, 4) is 0 Å². The van der Waals surface area contributed by atoms with Crippen LogP contribution in [0.3, 0.4) is 0 Å². The third-order valence-corrected chi connectivity index (χ3v) is 3.11. The molecule has 0 aliphatic heterocycles. The van der Waals surface area contributed by atoms with Crippen LogP contribution in [0.4, 0.5) is 0 Å². The van der Waals surface area contributed by atoms with E-state index in [4.69, 9.17) is 0 Å². The minimum Gasteiger partial charge on any atom is -0.303 e. The molecule has 1 nitrogen and oxygen atoms in total. The number of hydrogen-bond acceptors (Lipinski definition) is 1. The first-order chi connectivity index (χ1) is 5.58. The van der Waals surface area contributed by atoms with Gasteiger partial charge < -0.3 is 4.79 Å². The molecule has 1 rings (SSSR count). The predicted molar refractivity (Wildman–Crippen MR) is 51.0 cm³/mol. The molecule has 2 atom stereocenters. The molecule has 0 radical (unpaired) electrons. The van der Waals surface area contributed by atoms with Crippen molar-refractivity contribution in [2.75, 3.05) is 0 Å². The second-order valence-corrected chi connectivity index (χ2v) is 4.89. The minimum absolute atomic E-state index is 0.379. The summed E-state index contributed by atoms with van der Waals surface area (Å²) < 4.78 is 0. The molecule has 1 aliphatic carbocycles. The standard InChI is InChI=1S/C11H20O/c1-9(2)5-4-6-11(3)7-10(11)8-12/h8-10H,4-7H2,1-3H3/t10-,11+/m1/s1. The molecule has 0 aromatic carbocycles. The molecule has 0 N–H and O–H groups in total. The van der Waals surface area contributed by atoms with E-state index in [0.29, 0.717) is 11.3 Å². The van der Waals surface area contributed by atoms with Crippen LogP contribution in [0, 0.1) is 17.3 Å². The van der Waals surface area contributed by atoms with Gasteiger partial charge in [-0.2, -0.15) is 0 Å². The van der Waals surface area contributed by atoms with Gasteiger partial charge in [-0.3, -0.25) is 0 Å². The van der Waals surface area contributed by atoms with Crippen LogP contribution in [0.15, 0.2) is 0 Å². The molecule has 0 unspecified atom stereocenters. The fourth-order valence-electron chi connectivity index (χ4n) is 1.86. The Bertz CT molecular complexity index is 162. The molecule has 70 valence electrons. The lowest BCUT2D eigenvalue weighted by atomic mass is 9.96. The van der Waals surface area contributed by atoms with Crippen LogP contribution < -0.4 is 0 Å². The first-order valence-electron chi connectivity index (χ1n) is 5.04. The lowest BCUT2D eigenvalue weighted by Gasteiger charge is -2.09. The average Bonchev–Trinajstić information content (AvgIpc) is 2.61. The number of hydrogen-bond donors (Lipinski definition) is 0. The number of carbonyl (C=O) groups excluding carboxylic acids is 1. The molecule has 0 saturated heterocycles. The Kier molecular flexibility index (Phi) is 2.92. The van der Waals surface area contributed by atoms with Gasteiger partial charge in [0.25, 0.3) is 0 Å². The Morgan fingerprint density at radius 2 is 2.25 bits per heavy atom. The van der Waals surface area contributed by atoms with E-state index in [1.54, 1.807) is 0 Å². The van der Waals surface area contributed by atoms with E-state index < -0.39 is 0 Å². The maximum Gasteiger partial charge on any atom is 0.123 e. The molecule has 0 bridgehead atoms. The molecule has 1 heteroatoms. The Balaban J connectivity index is 2.12. The van der Waals surface area contributed by atoms with Gasteiger partial charge in [0.1, 0.15) is 6.29 Å². The van der Waals surface area contributed by atoms with Crippen molar-refractivity contribution in [3.63, 3.8) is 0 Å². The summed E-state index contributed by atoms with van der Waals surface area (Å²) in [6, 6.07) is 0. The van der Waals surface area contributed by atoms with Gasteiger partial charge >= 0.3 is 0 Å². The molecule has 0 aromatic rings. The smallest absolute Gasteiger partial charge is 0.123 e. The van der Waals surface area contributed by atoms with E-state index in [0.717, 1.165) is 18.6 Å². The zero-order chi connectivity index (χ0) is 9.19. The molecule has 12 heavy (non-hydrogen) atoms. The largest absolute Gasteiger partial charge is 0.303 e. The minimum atomic E-state index is 0.379. The van der Waals surface area contributed by atoms with Gasteiger partial charge in [0, 0.05) is 5.92 Å². The summed E-state index contributed by atoms with van der Waals surface area (Å²) in [5, 5.41) is 0. The molecular formula is C11H20O. The Morgan fingerprint density at radius 1 is 1.58 bits per heavy atom. The van der Waals surface area contributed by atoms with E-state index in [1.807, 2.05) is 0 Å². The van der Waals surface area contributed by atoms with E-state index in [-0.39, 0.29) is 0 Å². The van der Waals surface area contributed by atoms with Crippen molar-refractivity contribution in [1.82, 2.24) is 0 Å². The third kappa shape index (κ3) is 2.33. The monoisotopic (exact) mass is 168 g/mol. The number of rotatable bonds is 5. The van der Waals surface area contributed by atoms with Crippen molar-refractivity contribution in [3.05, 3.63) is 0 Å². The van der Waals surface area contributed by atoms with Crippen molar-refractivity contribution in [1.29, 1.82) is 0 Å². The zero-order valence-electron chi connectivity index (χ0n) is 8.47. The average molecular weight is 168 g/mol. The molecule has 0 heterocycles. The summed E-state index contributed by atoms with van der Waals surface area (Å²) in [4.78, 5) is 10.5. The van der Waals surface area contributed by atoms with Crippen LogP contribution in [0.25, 0.3) is 0 Å². The topological polar surface area (TPSA) is 17.1 Å². The Labute approximate surface area is 75.5 Å². The molecule has 0 aromatic heterocycles. The van der Waals surface area contributed by atoms with E-state index in [9.17, 15) is 4.79 Å². The molecular weight excluding hydrogens is 148 g/mol. The van der Waals surface area contributed by atoms with Crippen molar-refractivity contribution >= 4 is 6.29 Å². The quantitative estimate of drug-likeness (QED) is 0.577. The molecule has 0 spiro atoms. The van der Waals surface area contributed by atoms with E-state index >= 15 is 0 Å². The van der Waals surface area contributed by atoms with Crippen LogP contribution in [-0.4, -0.2) is 6.29 Å². The maximum absolute atomic E-state index is 10.5. The normalized spacial score (nSPS) is 33.8. The van der Waals surface area contributed by atoms with Crippen molar-refractivity contribution in [2.24, 2.45) is 17.3 Å². The van der Waals surface area contributed by atoms with Gasteiger partial charge in [0.05, 0.1) is 0 Å². The van der Waals surface area contributed by atoms with Crippen LogP contribution >= 0.6 is 0 Å². The lowest BCUT2D eigenvalue weighted by molar-refractivity contribution is -0.109. The van der Waals surface area contributed by atoms with Crippen molar-refractivity contribution < 1.29 is 4.79 Å². The van der Waals surface area contributed by atoms with Crippen LogP contribution in [-0.2, 0) is 4.79 Å². The molecule has 1 fully saturated rings. The fraction of sp³-hybridized carbons (Fsp3) is 0.909. The highest BCUT2D eigenvalue weighted by Gasteiger charge is 2.48. The highest BCUT2D eigenvalue weighted by atomic mass is 16.1. The number of aldehydes is 1. The summed E-state index contributed by atoms with van der Waals surface area (Å²) in [5.74, 6) is 1.19. The van der Waals surface area contributed by atoms with Crippen LogP contribution in [0.2, 0.25) is 0 Å². The third-order valence-electron chi connectivity index (χ3n) is 3.11. The maximum atomic E-state index is 10.5. The van der Waals surface area contributed by atoms with E-state index in [2.05, 4.69) is 20.8 Å². The summed E-state index contributed by atoms with van der Waals surface area (Å²) in [6.07, 6.45) is 6.11. The summed E-state index contributed by atoms with van der Waals surface area (Å²) in [5.41, 5.74) is 0.386. The van der Waals surface area contributed by atoms with Crippen LogP contribution in [0.1, 0.15) is 46.5 Å². The fourth-order valence-corrected chi connectivity index (χ4v) is 1.86. The predicted octanol–water partition coefficient (Wildman–Crippen LogP) is 3.04. The first-order valence-corrected chi connectivity index (χ1v) is 5.04. The van der Waals surface area contributed by atoms with Crippen LogP contribution in [0.5, 0.6) is 0 Å². The summed E-state index contributed by atoms with van der Waals surface area (Å²) >= 11 is 0. The second-order valence-electron chi connectivity index (χ2n) is 4.89. The highest BCUT2D eigenvalue weighted by Crippen LogP contribution is 2.54. The highest BCUT2D eigenvalue weighted by molar-refractivity contribution is 5.59. The number of carbonyl (C=O) groups is 1. The summed E-state index contributed by atoms with van der Waals surface area (Å²) in [6.45, 7) is 6.76. The Hall–Kier alpha value is -0.330. The Morgan fingerprint density at radius 3 is 2.67 bits per heavy atom. The first kappa shape index (κ1) is 9.76. The molecule has 1 aliphatic rings. The second kappa shape index (κ2) is 3.59. The van der Waals surface area contributed by atoms with Gasteiger partial charge in [-0.1, -0.05) is 33.6 Å².